The largest absolute Gasteiger partial charge is 0.351 e. The highest BCUT2D eigenvalue weighted by atomic mass is 32.1. The molecule has 1 aliphatic rings. The number of nitro benzene ring substituents is 1. The van der Waals surface area contributed by atoms with E-state index in [1.54, 1.807) is 31.1 Å². The van der Waals surface area contributed by atoms with Crippen molar-refractivity contribution < 1.29 is 9.72 Å². The van der Waals surface area contributed by atoms with Gasteiger partial charge in [-0.05, 0) is 36.8 Å². The molecule has 7 nitrogen and oxygen atoms in total. The van der Waals surface area contributed by atoms with Gasteiger partial charge >= 0.3 is 0 Å². The Morgan fingerprint density at radius 1 is 1.18 bits per heavy atom. The normalized spacial score (nSPS) is 16.6. The Labute approximate surface area is 168 Å². The van der Waals surface area contributed by atoms with Crippen LogP contribution in [0.5, 0.6) is 0 Å². The first-order valence-electron chi connectivity index (χ1n) is 8.63. The van der Waals surface area contributed by atoms with Crippen molar-refractivity contribution in [1.82, 2.24) is 10.2 Å². The highest BCUT2D eigenvalue weighted by molar-refractivity contribution is 7.80. The zero-order chi connectivity index (χ0) is 20.4. The minimum atomic E-state index is -0.581. The zero-order valence-corrected chi connectivity index (χ0v) is 16.6. The van der Waals surface area contributed by atoms with Crippen molar-refractivity contribution in [3.63, 3.8) is 0 Å². The monoisotopic (exact) mass is 396 g/mol. The summed E-state index contributed by atoms with van der Waals surface area (Å²) in [6, 6.07) is 15.2. The van der Waals surface area contributed by atoms with Gasteiger partial charge in [0.2, 0.25) is 0 Å². The summed E-state index contributed by atoms with van der Waals surface area (Å²) >= 11 is 5.57. The van der Waals surface area contributed by atoms with Crippen LogP contribution in [0.3, 0.4) is 0 Å². The lowest BCUT2D eigenvalue weighted by molar-refractivity contribution is -0.384. The number of carbonyl (C=O) groups excluding carboxylic acids is 1. The van der Waals surface area contributed by atoms with E-state index in [9.17, 15) is 14.9 Å². The second kappa shape index (κ2) is 7.77. The molecule has 3 rings (SSSR count). The van der Waals surface area contributed by atoms with E-state index in [2.05, 4.69) is 5.32 Å². The van der Waals surface area contributed by atoms with Crippen LogP contribution in [0.25, 0.3) is 0 Å². The van der Waals surface area contributed by atoms with Crippen LogP contribution < -0.4 is 10.2 Å². The Morgan fingerprint density at radius 3 is 2.46 bits per heavy atom. The molecule has 1 N–H and O–H groups in total. The third-order valence-electron chi connectivity index (χ3n) is 4.55. The summed E-state index contributed by atoms with van der Waals surface area (Å²) < 4.78 is 0. The molecule has 0 aromatic heterocycles. The number of nitrogens with zero attached hydrogens (tertiary/aromatic N) is 3. The van der Waals surface area contributed by atoms with Crippen LogP contribution in [0.1, 0.15) is 18.5 Å². The molecule has 0 saturated heterocycles. The highest BCUT2D eigenvalue weighted by Gasteiger charge is 2.35. The molecular weight excluding hydrogens is 376 g/mol. The number of likely N-dealkylation sites (N-methyl/N-ethyl adjacent to an activating group) is 1. The lowest BCUT2D eigenvalue weighted by Crippen LogP contribution is -2.49. The van der Waals surface area contributed by atoms with Crippen molar-refractivity contribution in [3.05, 3.63) is 81.5 Å². The summed E-state index contributed by atoms with van der Waals surface area (Å²) in [5, 5.41) is 14.8. The molecule has 0 spiro atoms. The summed E-state index contributed by atoms with van der Waals surface area (Å²) in [4.78, 5) is 27.0. The van der Waals surface area contributed by atoms with E-state index in [4.69, 9.17) is 12.2 Å². The number of hydrogen-bond acceptors (Lipinski definition) is 4. The number of benzene rings is 2. The maximum atomic E-state index is 13.0. The average molecular weight is 396 g/mol. The van der Waals surface area contributed by atoms with Gasteiger partial charge in [-0.3, -0.25) is 19.8 Å². The van der Waals surface area contributed by atoms with Crippen molar-refractivity contribution in [1.29, 1.82) is 0 Å². The van der Waals surface area contributed by atoms with E-state index in [-0.39, 0.29) is 11.6 Å². The van der Waals surface area contributed by atoms with Crippen molar-refractivity contribution in [2.75, 3.05) is 19.0 Å². The Balaban J connectivity index is 2.17. The number of nitrogens with one attached hydrogen (secondary N) is 1. The number of thiocarbonyl (C=S) groups is 1. The van der Waals surface area contributed by atoms with Crippen LogP contribution >= 0.6 is 12.2 Å². The summed E-state index contributed by atoms with van der Waals surface area (Å²) in [6.07, 6.45) is 0. The fraction of sp³-hybridized carbons (Fsp3) is 0.200. The number of rotatable bonds is 4. The Kier molecular flexibility index (Phi) is 5.41. The van der Waals surface area contributed by atoms with Gasteiger partial charge in [0.1, 0.15) is 0 Å². The van der Waals surface area contributed by atoms with Crippen molar-refractivity contribution in [3.8, 4) is 0 Å². The van der Waals surface area contributed by atoms with Crippen molar-refractivity contribution >= 4 is 34.6 Å². The third-order valence-corrected chi connectivity index (χ3v) is 4.85. The summed E-state index contributed by atoms with van der Waals surface area (Å²) in [6.45, 7) is 1.83. The molecule has 0 bridgehead atoms. The van der Waals surface area contributed by atoms with Crippen LogP contribution in [-0.2, 0) is 4.79 Å². The molecule has 0 fully saturated rings. The molecule has 144 valence electrons. The maximum absolute atomic E-state index is 13.0. The minimum Gasteiger partial charge on any atom is -0.351 e. The fourth-order valence-corrected chi connectivity index (χ4v) is 3.58. The molecule has 1 aliphatic heterocycles. The molecule has 0 radical (unpaired) electrons. The molecule has 2 aromatic carbocycles. The van der Waals surface area contributed by atoms with E-state index in [0.29, 0.717) is 21.9 Å². The Hall–Kier alpha value is -3.26. The number of anilines is 1. The van der Waals surface area contributed by atoms with Crippen LogP contribution in [-0.4, -0.2) is 34.9 Å². The van der Waals surface area contributed by atoms with Crippen LogP contribution in [0, 0.1) is 10.1 Å². The number of nitro groups is 1. The summed E-state index contributed by atoms with van der Waals surface area (Å²) in [5.74, 6) is -0.190. The van der Waals surface area contributed by atoms with E-state index in [1.807, 2.05) is 37.3 Å². The molecule has 0 unspecified atom stereocenters. The van der Waals surface area contributed by atoms with Crippen LogP contribution in [0.4, 0.5) is 11.4 Å². The van der Waals surface area contributed by atoms with Crippen LogP contribution in [0.15, 0.2) is 65.9 Å². The number of amides is 1. The number of allylic oxidation sites excluding steroid dienone is 1. The molecule has 0 aliphatic carbocycles. The summed E-state index contributed by atoms with van der Waals surface area (Å²) in [7, 11) is 3.35. The third kappa shape index (κ3) is 3.59. The standard InChI is InChI=1S/C20H20N4O3S/c1-13-17(19(25)22(2)3)18(14-8-7-11-16(12-14)24(26)27)21-20(28)23(13)15-9-5-4-6-10-15/h4-12,18H,1-3H3,(H,21,28)/t18-/m1/s1. The van der Waals surface area contributed by atoms with Gasteiger partial charge in [-0.1, -0.05) is 30.3 Å². The molecule has 8 heteroatoms. The van der Waals surface area contributed by atoms with Crippen molar-refractivity contribution in [2.45, 2.75) is 13.0 Å². The van der Waals surface area contributed by atoms with E-state index < -0.39 is 11.0 Å². The number of para-hydroxylation sites is 1. The topological polar surface area (TPSA) is 78.7 Å². The van der Waals surface area contributed by atoms with Gasteiger partial charge in [0.25, 0.3) is 11.6 Å². The first-order valence-corrected chi connectivity index (χ1v) is 9.04. The molecule has 28 heavy (non-hydrogen) atoms. The fourth-order valence-electron chi connectivity index (χ4n) is 3.22. The molecule has 2 aromatic rings. The molecule has 1 amide bonds. The van der Waals surface area contributed by atoms with Gasteiger partial charge in [0, 0.05) is 37.6 Å². The number of carbonyl (C=O) groups is 1. The lowest BCUT2D eigenvalue weighted by Gasteiger charge is -2.38. The van der Waals surface area contributed by atoms with E-state index >= 15 is 0 Å². The molecular formula is C20H20N4O3S. The molecule has 1 heterocycles. The van der Waals surface area contributed by atoms with Gasteiger partial charge in [0.15, 0.2) is 5.11 Å². The Morgan fingerprint density at radius 2 is 1.86 bits per heavy atom. The predicted molar refractivity (Wildman–Crippen MR) is 112 cm³/mol. The van der Waals surface area contributed by atoms with E-state index in [0.717, 1.165) is 5.69 Å². The molecule has 0 saturated carbocycles. The second-order valence-electron chi connectivity index (χ2n) is 6.60. The number of non-ortho nitro benzene ring substituents is 1. The average Bonchev–Trinajstić information content (AvgIpc) is 2.68. The predicted octanol–water partition coefficient (Wildman–Crippen LogP) is 3.39. The smallest absolute Gasteiger partial charge is 0.269 e. The first-order chi connectivity index (χ1) is 13.3. The van der Waals surface area contributed by atoms with Gasteiger partial charge in [-0.2, -0.15) is 0 Å². The van der Waals surface area contributed by atoms with E-state index in [1.165, 1.54) is 17.0 Å². The quantitative estimate of drug-likeness (QED) is 0.485. The lowest BCUT2D eigenvalue weighted by atomic mass is 9.93. The Bertz CT molecular complexity index is 972. The minimum absolute atomic E-state index is 0.0370. The van der Waals surface area contributed by atoms with Crippen LogP contribution in [0.2, 0.25) is 0 Å². The molecule has 1 atom stereocenters. The maximum Gasteiger partial charge on any atom is 0.269 e. The summed E-state index contributed by atoms with van der Waals surface area (Å²) in [5.41, 5.74) is 2.57. The zero-order valence-electron chi connectivity index (χ0n) is 15.7. The number of hydrogen-bond donors (Lipinski definition) is 1. The van der Waals surface area contributed by atoms with Gasteiger partial charge < -0.3 is 10.2 Å². The van der Waals surface area contributed by atoms with Crippen molar-refractivity contribution in [2.24, 2.45) is 0 Å². The van der Waals surface area contributed by atoms with Gasteiger partial charge in [0.05, 0.1) is 16.5 Å². The van der Waals surface area contributed by atoms with Gasteiger partial charge in [-0.15, -0.1) is 0 Å². The SMILES string of the molecule is CC1=C(C(=O)N(C)C)[C@@H](c2cccc([N+](=O)[O-])c2)NC(=S)N1c1ccccc1. The first kappa shape index (κ1) is 19.5. The highest BCUT2D eigenvalue weighted by Crippen LogP contribution is 2.35. The second-order valence-corrected chi connectivity index (χ2v) is 6.99. The van der Waals surface area contributed by atoms with Gasteiger partial charge in [-0.25, -0.2) is 0 Å².